The molecule has 2 aromatic heterocycles. The lowest BCUT2D eigenvalue weighted by molar-refractivity contribution is 0.311. The third-order valence-electron chi connectivity index (χ3n) is 4.84. The van der Waals surface area contributed by atoms with E-state index in [1.807, 2.05) is 13.0 Å². The smallest absolute Gasteiger partial charge is 0.234 e. The van der Waals surface area contributed by atoms with Crippen LogP contribution in [-0.4, -0.2) is 85.4 Å². The molecule has 0 unspecified atom stereocenters. The molecule has 0 bridgehead atoms. The number of hydrogen-bond acceptors (Lipinski definition) is 10. The first kappa shape index (κ1) is 22.6. The zero-order chi connectivity index (χ0) is 21.5. The molecule has 1 aliphatic rings. The minimum atomic E-state index is 0.444. The number of likely N-dealkylation sites (N-methyl/N-ethyl adjacent to an activating group) is 1. The molecule has 2 aromatic rings. The normalized spacial score (nSPS) is 14.6. The van der Waals surface area contributed by atoms with Gasteiger partial charge in [-0.2, -0.15) is 15.0 Å². The second-order valence-electron chi connectivity index (χ2n) is 6.90. The Morgan fingerprint density at radius 2 is 1.80 bits per heavy atom. The molecular formula is C19H29N9S2. The lowest BCUT2D eigenvalue weighted by atomic mass is 10.3. The second-order valence-corrected chi connectivity index (χ2v) is 8.56. The fourth-order valence-corrected chi connectivity index (χ4v) is 4.31. The molecule has 3 rings (SSSR count). The molecule has 1 N–H and O–H groups in total. The van der Waals surface area contributed by atoms with Gasteiger partial charge in [0.2, 0.25) is 17.8 Å². The zero-order valence-corrected chi connectivity index (χ0v) is 19.6. The fraction of sp³-hybridized carbons (Fsp3) is 0.579. The third kappa shape index (κ3) is 5.96. The summed E-state index contributed by atoms with van der Waals surface area (Å²) in [4.78, 5) is 29.3. The number of thioether (sulfide) groups is 1. The molecule has 0 spiro atoms. The zero-order valence-electron chi connectivity index (χ0n) is 18.0. The van der Waals surface area contributed by atoms with E-state index in [1.54, 1.807) is 6.20 Å². The number of thiocarbonyl (C=S) groups is 1. The summed E-state index contributed by atoms with van der Waals surface area (Å²) in [5.41, 5.74) is 0. The molecule has 0 saturated carbocycles. The molecule has 162 valence electrons. The van der Waals surface area contributed by atoms with Gasteiger partial charge in [0.25, 0.3) is 0 Å². The molecule has 1 fully saturated rings. The summed E-state index contributed by atoms with van der Waals surface area (Å²) < 4.78 is 0.801. The van der Waals surface area contributed by atoms with Crippen molar-refractivity contribution in [1.29, 1.82) is 0 Å². The van der Waals surface area contributed by atoms with Crippen LogP contribution in [0.15, 0.2) is 17.3 Å². The summed E-state index contributed by atoms with van der Waals surface area (Å²) in [5, 5.41) is 3.93. The quantitative estimate of drug-likeness (QED) is 0.386. The van der Waals surface area contributed by atoms with Gasteiger partial charge in [-0.1, -0.05) is 19.1 Å². The maximum absolute atomic E-state index is 5.53. The molecule has 30 heavy (non-hydrogen) atoms. The van der Waals surface area contributed by atoms with E-state index >= 15 is 0 Å². The number of anilines is 3. The maximum Gasteiger partial charge on any atom is 0.234 e. The van der Waals surface area contributed by atoms with E-state index in [1.165, 1.54) is 11.8 Å². The number of piperazine rings is 1. The van der Waals surface area contributed by atoms with Crippen molar-refractivity contribution in [3.8, 4) is 0 Å². The summed E-state index contributed by atoms with van der Waals surface area (Å²) in [5.74, 6) is 2.35. The minimum absolute atomic E-state index is 0.444. The van der Waals surface area contributed by atoms with Crippen LogP contribution in [0.3, 0.4) is 0 Å². The van der Waals surface area contributed by atoms with Crippen molar-refractivity contribution in [2.24, 2.45) is 0 Å². The van der Waals surface area contributed by atoms with Gasteiger partial charge in [-0.15, -0.1) is 0 Å². The van der Waals surface area contributed by atoms with Crippen LogP contribution in [-0.2, 0) is 6.42 Å². The monoisotopic (exact) mass is 447 g/mol. The Morgan fingerprint density at radius 1 is 1.07 bits per heavy atom. The number of rotatable bonds is 7. The van der Waals surface area contributed by atoms with Gasteiger partial charge in [-0.25, -0.2) is 9.97 Å². The van der Waals surface area contributed by atoms with Crippen molar-refractivity contribution < 1.29 is 0 Å². The van der Waals surface area contributed by atoms with Crippen molar-refractivity contribution in [3.05, 3.63) is 18.1 Å². The first-order valence-electron chi connectivity index (χ1n) is 10.3. The molecule has 0 amide bonds. The summed E-state index contributed by atoms with van der Waals surface area (Å²) in [7, 11) is 2.13. The molecule has 1 saturated heterocycles. The number of hydrogen-bond donors (Lipinski definition) is 1. The van der Waals surface area contributed by atoms with Gasteiger partial charge in [-0.3, -0.25) is 5.32 Å². The number of nitrogens with zero attached hydrogens (tertiary/aromatic N) is 8. The molecule has 0 aromatic carbocycles. The van der Waals surface area contributed by atoms with Gasteiger partial charge in [0, 0.05) is 51.9 Å². The van der Waals surface area contributed by atoms with Crippen molar-refractivity contribution in [2.45, 2.75) is 32.2 Å². The second kappa shape index (κ2) is 10.8. The highest BCUT2D eigenvalue weighted by atomic mass is 32.2. The Kier molecular flexibility index (Phi) is 8.11. The van der Waals surface area contributed by atoms with E-state index in [0.717, 1.165) is 60.9 Å². The van der Waals surface area contributed by atoms with E-state index in [2.05, 4.69) is 65.8 Å². The summed E-state index contributed by atoms with van der Waals surface area (Å²) in [6, 6.07) is 1.85. The molecule has 1 aliphatic heterocycles. The van der Waals surface area contributed by atoms with Crippen LogP contribution in [0.4, 0.5) is 17.8 Å². The Morgan fingerprint density at radius 3 is 2.47 bits per heavy atom. The average molecular weight is 448 g/mol. The Balaban J connectivity index is 1.75. The summed E-state index contributed by atoms with van der Waals surface area (Å²) >= 11 is 6.98. The highest BCUT2D eigenvalue weighted by Crippen LogP contribution is 2.21. The molecule has 0 aliphatic carbocycles. The Hall–Kier alpha value is -2.11. The van der Waals surface area contributed by atoms with E-state index in [0.29, 0.717) is 17.8 Å². The largest absolute Gasteiger partial charge is 0.358 e. The Bertz CT molecular complexity index is 852. The molecule has 0 radical (unpaired) electrons. The van der Waals surface area contributed by atoms with Crippen molar-refractivity contribution in [1.82, 2.24) is 34.7 Å². The average Bonchev–Trinajstić information content (AvgIpc) is 2.75. The van der Waals surface area contributed by atoms with Crippen LogP contribution < -0.4 is 10.2 Å². The SMILES string of the molecule is CCc1nc(Nc2nccc(SC(=S)N(CC)CC)n2)nc(N2CCN(C)CC2)n1. The van der Waals surface area contributed by atoms with Gasteiger partial charge in [0.05, 0.1) is 0 Å². The lowest BCUT2D eigenvalue weighted by Gasteiger charge is -2.32. The molecular weight excluding hydrogens is 418 g/mol. The predicted molar refractivity (Wildman–Crippen MR) is 126 cm³/mol. The highest BCUT2D eigenvalue weighted by molar-refractivity contribution is 8.22. The van der Waals surface area contributed by atoms with Gasteiger partial charge in [0.1, 0.15) is 15.2 Å². The van der Waals surface area contributed by atoms with E-state index < -0.39 is 0 Å². The minimum Gasteiger partial charge on any atom is -0.358 e. The number of aromatic nitrogens is 5. The summed E-state index contributed by atoms with van der Waals surface area (Å²) in [6.07, 6.45) is 2.44. The molecule has 9 nitrogen and oxygen atoms in total. The van der Waals surface area contributed by atoms with Crippen LogP contribution in [0.5, 0.6) is 0 Å². The first-order chi connectivity index (χ1) is 14.5. The van der Waals surface area contributed by atoms with Crippen LogP contribution in [0.25, 0.3) is 0 Å². The van der Waals surface area contributed by atoms with E-state index in [9.17, 15) is 0 Å². The van der Waals surface area contributed by atoms with Crippen molar-refractivity contribution in [2.75, 3.05) is 56.5 Å². The Labute approximate surface area is 187 Å². The number of aryl methyl sites for hydroxylation is 1. The van der Waals surface area contributed by atoms with Crippen molar-refractivity contribution in [3.63, 3.8) is 0 Å². The van der Waals surface area contributed by atoms with Crippen LogP contribution >= 0.6 is 24.0 Å². The summed E-state index contributed by atoms with van der Waals surface area (Å²) in [6.45, 7) is 11.7. The van der Waals surface area contributed by atoms with Gasteiger partial charge in [0.15, 0.2) is 0 Å². The van der Waals surface area contributed by atoms with Gasteiger partial charge in [-0.05, 0) is 38.7 Å². The number of nitrogens with one attached hydrogen (secondary N) is 1. The standard InChI is InChI=1S/C19H29N9S2/c1-5-14-21-17(25-18(22-14)28-12-10-26(4)11-13-28)24-16-20-9-8-15(23-16)30-19(29)27(6-2)7-3/h8-9H,5-7,10-13H2,1-4H3,(H,20,21,22,23,24,25). The van der Waals surface area contributed by atoms with E-state index in [4.69, 9.17) is 12.2 Å². The highest BCUT2D eigenvalue weighted by Gasteiger charge is 2.18. The third-order valence-corrected chi connectivity index (χ3v) is 6.22. The lowest BCUT2D eigenvalue weighted by Crippen LogP contribution is -2.45. The first-order valence-corrected chi connectivity index (χ1v) is 11.5. The molecule has 11 heteroatoms. The molecule has 3 heterocycles. The van der Waals surface area contributed by atoms with E-state index in [-0.39, 0.29) is 0 Å². The predicted octanol–water partition coefficient (Wildman–Crippen LogP) is 2.44. The maximum atomic E-state index is 5.53. The van der Waals surface area contributed by atoms with Gasteiger partial charge >= 0.3 is 0 Å². The van der Waals surface area contributed by atoms with Crippen LogP contribution in [0.2, 0.25) is 0 Å². The van der Waals surface area contributed by atoms with Crippen LogP contribution in [0.1, 0.15) is 26.6 Å². The topological polar surface area (TPSA) is 86.2 Å². The van der Waals surface area contributed by atoms with Crippen molar-refractivity contribution >= 4 is 46.1 Å². The fourth-order valence-electron chi connectivity index (χ4n) is 2.96. The molecule has 0 atom stereocenters. The van der Waals surface area contributed by atoms with Crippen LogP contribution in [0, 0.1) is 0 Å². The van der Waals surface area contributed by atoms with Gasteiger partial charge < -0.3 is 14.7 Å².